The lowest BCUT2D eigenvalue weighted by atomic mass is 10.2. The second-order valence-electron chi connectivity index (χ2n) is 4.81. The Bertz CT molecular complexity index is 417. The van der Waals surface area contributed by atoms with Crippen LogP contribution in [0.15, 0.2) is 0 Å². The summed E-state index contributed by atoms with van der Waals surface area (Å²) in [5.41, 5.74) is 6.38. The lowest BCUT2D eigenvalue weighted by Crippen LogP contribution is -2.32. The third-order valence-corrected chi connectivity index (χ3v) is 3.72. The van der Waals surface area contributed by atoms with E-state index in [-0.39, 0.29) is 11.9 Å². The van der Waals surface area contributed by atoms with E-state index >= 15 is 0 Å². The Morgan fingerprint density at radius 3 is 2.68 bits per heavy atom. The molecular formula is C13H24N4OS. The molecule has 3 N–H and O–H groups in total. The first-order valence-electron chi connectivity index (χ1n) is 6.82. The molecule has 0 aliphatic heterocycles. The Balaban J connectivity index is 2.97. The molecule has 6 heteroatoms. The molecule has 0 atom stereocenters. The number of anilines is 2. The molecule has 19 heavy (non-hydrogen) atoms. The molecule has 0 radical (unpaired) electrons. The second-order valence-corrected chi connectivity index (χ2v) is 5.56. The smallest absolute Gasteiger partial charge is 0.258 e. The minimum absolute atomic E-state index is 0.0883. The maximum atomic E-state index is 12.2. The minimum atomic E-state index is -0.133. The topological polar surface area (TPSA) is 71.2 Å². The van der Waals surface area contributed by atoms with Gasteiger partial charge in [-0.1, -0.05) is 13.3 Å². The van der Waals surface area contributed by atoms with Crippen LogP contribution in [0, 0.1) is 0 Å². The van der Waals surface area contributed by atoms with Crippen LogP contribution in [0.2, 0.25) is 0 Å². The van der Waals surface area contributed by atoms with E-state index < -0.39 is 0 Å². The molecule has 1 aromatic rings. The van der Waals surface area contributed by atoms with Crippen molar-refractivity contribution in [2.75, 3.05) is 23.7 Å². The van der Waals surface area contributed by atoms with Crippen molar-refractivity contribution in [1.82, 2.24) is 9.69 Å². The van der Waals surface area contributed by atoms with Gasteiger partial charge in [-0.3, -0.25) is 4.79 Å². The molecule has 1 rings (SSSR count). The summed E-state index contributed by atoms with van der Waals surface area (Å²) in [6, 6.07) is 0.0883. The molecule has 0 saturated heterocycles. The first-order chi connectivity index (χ1) is 9.01. The van der Waals surface area contributed by atoms with Crippen LogP contribution in [0.3, 0.4) is 0 Å². The number of aromatic nitrogens is 1. The normalized spacial score (nSPS) is 10.8. The summed E-state index contributed by atoms with van der Waals surface area (Å²) in [5, 5.41) is 3.76. The number of nitrogens with two attached hydrogens (primary N) is 1. The van der Waals surface area contributed by atoms with Gasteiger partial charge in [-0.2, -0.15) is 4.37 Å². The summed E-state index contributed by atoms with van der Waals surface area (Å²) in [6.45, 7) is 9.88. The summed E-state index contributed by atoms with van der Waals surface area (Å²) in [4.78, 5) is 14.4. The van der Waals surface area contributed by atoms with Gasteiger partial charge in [0.15, 0.2) is 5.82 Å². The fraction of sp³-hybridized carbons (Fsp3) is 0.692. The highest BCUT2D eigenvalue weighted by Gasteiger charge is 2.23. The van der Waals surface area contributed by atoms with Crippen molar-refractivity contribution in [3.8, 4) is 0 Å². The van der Waals surface area contributed by atoms with Crippen LogP contribution in [0.4, 0.5) is 10.8 Å². The number of nitrogens with zero attached hydrogens (tertiary/aromatic N) is 2. The summed E-state index contributed by atoms with van der Waals surface area (Å²) < 4.78 is 4.14. The molecule has 108 valence electrons. The van der Waals surface area contributed by atoms with Gasteiger partial charge in [-0.15, -0.1) is 0 Å². The number of amides is 1. The Morgan fingerprint density at radius 1 is 1.47 bits per heavy atom. The molecule has 0 aromatic carbocycles. The van der Waals surface area contributed by atoms with E-state index in [9.17, 15) is 4.79 Å². The predicted octanol–water partition coefficient (Wildman–Crippen LogP) is 2.49. The average Bonchev–Trinajstić information content (AvgIpc) is 2.71. The van der Waals surface area contributed by atoms with Gasteiger partial charge in [0.1, 0.15) is 10.6 Å². The summed E-state index contributed by atoms with van der Waals surface area (Å²) in [7, 11) is 0. The molecular weight excluding hydrogens is 260 g/mol. The molecule has 1 amide bonds. The van der Waals surface area contributed by atoms with Crippen molar-refractivity contribution in [1.29, 1.82) is 0 Å². The number of nitrogens with one attached hydrogen (secondary N) is 1. The molecule has 0 bridgehead atoms. The molecule has 0 unspecified atom stereocenters. The highest BCUT2D eigenvalue weighted by Crippen LogP contribution is 2.30. The first kappa shape index (κ1) is 15.8. The molecule has 0 aliphatic carbocycles. The van der Waals surface area contributed by atoms with Gasteiger partial charge in [0.05, 0.1) is 0 Å². The van der Waals surface area contributed by atoms with E-state index in [0.717, 1.165) is 30.9 Å². The quantitative estimate of drug-likeness (QED) is 0.807. The van der Waals surface area contributed by atoms with E-state index in [2.05, 4.69) is 28.4 Å². The lowest BCUT2D eigenvalue weighted by molar-refractivity contribution is 0.0944. The zero-order valence-corrected chi connectivity index (χ0v) is 13.0. The Labute approximate surface area is 119 Å². The van der Waals surface area contributed by atoms with E-state index in [1.807, 2.05) is 13.8 Å². The van der Waals surface area contributed by atoms with Crippen molar-refractivity contribution >= 4 is 28.3 Å². The number of carbonyl (C=O) groups excluding carboxylic acids is 1. The van der Waals surface area contributed by atoms with Crippen LogP contribution >= 0.6 is 11.5 Å². The van der Waals surface area contributed by atoms with Gasteiger partial charge in [-0.25, -0.2) is 0 Å². The monoisotopic (exact) mass is 284 g/mol. The van der Waals surface area contributed by atoms with E-state index in [0.29, 0.717) is 11.4 Å². The molecule has 0 saturated carbocycles. The molecule has 0 fully saturated rings. The van der Waals surface area contributed by atoms with E-state index in [1.165, 1.54) is 11.5 Å². The van der Waals surface area contributed by atoms with Gasteiger partial charge >= 0.3 is 0 Å². The third-order valence-electron chi connectivity index (χ3n) is 2.80. The largest absolute Gasteiger partial charge is 0.382 e. The maximum Gasteiger partial charge on any atom is 0.258 e. The highest BCUT2D eigenvalue weighted by atomic mass is 32.1. The fourth-order valence-electron chi connectivity index (χ4n) is 1.81. The van der Waals surface area contributed by atoms with Crippen LogP contribution in [-0.4, -0.2) is 29.4 Å². The second kappa shape index (κ2) is 7.33. The average molecular weight is 284 g/mol. The Morgan fingerprint density at radius 2 is 2.16 bits per heavy atom. The van der Waals surface area contributed by atoms with Crippen molar-refractivity contribution in [2.45, 2.75) is 46.6 Å². The van der Waals surface area contributed by atoms with Crippen molar-refractivity contribution in [2.24, 2.45) is 0 Å². The summed E-state index contributed by atoms with van der Waals surface area (Å²) in [6.07, 6.45) is 2.22. The van der Waals surface area contributed by atoms with Gasteiger partial charge < -0.3 is 16.0 Å². The molecule has 5 nitrogen and oxygen atoms in total. The van der Waals surface area contributed by atoms with E-state index in [1.54, 1.807) is 0 Å². The molecule has 0 aliphatic rings. The summed E-state index contributed by atoms with van der Waals surface area (Å²) in [5.74, 6) is 0.194. The number of nitrogen functional groups attached to an aromatic ring is 1. The zero-order valence-electron chi connectivity index (χ0n) is 12.2. The lowest BCUT2D eigenvalue weighted by Gasteiger charge is -2.22. The number of hydrogen-bond acceptors (Lipinski definition) is 5. The number of rotatable bonds is 7. The highest BCUT2D eigenvalue weighted by molar-refractivity contribution is 7.11. The van der Waals surface area contributed by atoms with Crippen LogP contribution in [0.1, 0.15) is 50.9 Å². The standard InChI is InChI=1S/C13H24N4OS/c1-5-7-8-17(6-2)13-10(11(14)16-19-13)12(18)15-9(3)4/h9H,5-8H2,1-4H3,(H2,14,16)(H,15,18). The fourth-order valence-corrected chi connectivity index (χ4v) is 2.71. The predicted molar refractivity (Wildman–Crippen MR) is 81.9 cm³/mol. The maximum absolute atomic E-state index is 12.2. The van der Waals surface area contributed by atoms with Gasteiger partial charge in [0, 0.05) is 19.1 Å². The number of carbonyl (C=O) groups is 1. The van der Waals surface area contributed by atoms with Crippen molar-refractivity contribution in [3.05, 3.63) is 5.56 Å². The zero-order chi connectivity index (χ0) is 14.4. The Hall–Kier alpha value is -1.30. The van der Waals surface area contributed by atoms with Gasteiger partial charge in [-0.05, 0) is 38.7 Å². The first-order valence-corrected chi connectivity index (χ1v) is 7.59. The van der Waals surface area contributed by atoms with Crippen LogP contribution in [0.5, 0.6) is 0 Å². The summed E-state index contributed by atoms with van der Waals surface area (Å²) >= 11 is 1.30. The van der Waals surface area contributed by atoms with Crippen LogP contribution in [0.25, 0.3) is 0 Å². The molecule has 1 heterocycles. The molecule has 1 aromatic heterocycles. The van der Waals surface area contributed by atoms with Gasteiger partial charge in [0.25, 0.3) is 5.91 Å². The molecule has 0 spiro atoms. The van der Waals surface area contributed by atoms with Crippen molar-refractivity contribution in [3.63, 3.8) is 0 Å². The van der Waals surface area contributed by atoms with Crippen LogP contribution < -0.4 is 16.0 Å². The van der Waals surface area contributed by atoms with Gasteiger partial charge in [0.2, 0.25) is 0 Å². The van der Waals surface area contributed by atoms with Crippen LogP contribution in [-0.2, 0) is 0 Å². The third kappa shape index (κ3) is 4.09. The van der Waals surface area contributed by atoms with Crippen molar-refractivity contribution < 1.29 is 4.79 Å². The SMILES string of the molecule is CCCCN(CC)c1snc(N)c1C(=O)NC(C)C. The Kier molecular flexibility index (Phi) is 6.08. The number of unbranched alkanes of at least 4 members (excludes halogenated alkanes) is 1. The minimum Gasteiger partial charge on any atom is -0.382 e. The van der Waals surface area contributed by atoms with E-state index in [4.69, 9.17) is 5.73 Å². The number of hydrogen-bond donors (Lipinski definition) is 2.